The van der Waals surface area contributed by atoms with Gasteiger partial charge in [-0.2, -0.15) is 0 Å². The molecule has 0 aliphatic carbocycles. The number of thiophene rings is 1. The van der Waals surface area contributed by atoms with Crippen molar-refractivity contribution in [3.05, 3.63) is 50.1 Å². The second-order valence-corrected chi connectivity index (χ2v) is 6.12. The highest BCUT2D eigenvalue weighted by molar-refractivity contribution is 7.80. The molecule has 2 rings (SSSR count). The zero-order chi connectivity index (χ0) is 13.1. The van der Waals surface area contributed by atoms with Crippen LogP contribution in [0.2, 0.25) is 9.36 Å². The Morgan fingerprint density at radius 1 is 1.28 bits per heavy atom. The minimum Gasteiger partial charge on any atom is -0.487 e. The van der Waals surface area contributed by atoms with Gasteiger partial charge < -0.3 is 10.5 Å². The standard InChI is InChI=1S/C12H9Cl2NOS2/c13-8-2-1-3-9(11(8)12(15)17)16-6-7-4-5-10(14)18-7/h1-5H,6H2,(H2,15,17). The summed E-state index contributed by atoms with van der Waals surface area (Å²) >= 11 is 18.3. The molecule has 0 aliphatic rings. The monoisotopic (exact) mass is 317 g/mol. The Hall–Kier alpha value is -0.810. The smallest absolute Gasteiger partial charge is 0.131 e. The highest BCUT2D eigenvalue weighted by atomic mass is 35.5. The third-order valence-corrected chi connectivity index (χ3v) is 3.94. The minimum atomic E-state index is 0.222. The molecular formula is C12H9Cl2NOS2. The molecule has 94 valence electrons. The van der Waals surface area contributed by atoms with Crippen molar-refractivity contribution in [1.29, 1.82) is 0 Å². The maximum Gasteiger partial charge on any atom is 0.131 e. The number of halogens is 2. The van der Waals surface area contributed by atoms with Gasteiger partial charge in [-0.05, 0) is 24.3 Å². The van der Waals surface area contributed by atoms with E-state index in [1.54, 1.807) is 18.2 Å². The largest absolute Gasteiger partial charge is 0.487 e. The zero-order valence-corrected chi connectivity index (χ0v) is 12.3. The summed E-state index contributed by atoms with van der Waals surface area (Å²) in [5.74, 6) is 0.583. The fraction of sp³-hybridized carbons (Fsp3) is 0.0833. The van der Waals surface area contributed by atoms with E-state index >= 15 is 0 Å². The highest BCUT2D eigenvalue weighted by Gasteiger charge is 2.11. The topological polar surface area (TPSA) is 35.2 Å². The number of thiocarbonyl (C=S) groups is 1. The summed E-state index contributed by atoms with van der Waals surface area (Å²) in [6.07, 6.45) is 0. The molecule has 1 aromatic carbocycles. The number of hydrogen-bond acceptors (Lipinski definition) is 3. The molecule has 0 fully saturated rings. The first-order valence-corrected chi connectivity index (χ1v) is 7.01. The minimum absolute atomic E-state index is 0.222. The van der Waals surface area contributed by atoms with E-state index in [1.807, 2.05) is 12.1 Å². The molecule has 0 saturated carbocycles. The Morgan fingerprint density at radius 2 is 2.06 bits per heavy atom. The highest BCUT2D eigenvalue weighted by Crippen LogP contribution is 2.28. The first-order valence-electron chi connectivity index (χ1n) is 5.03. The third kappa shape index (κ3) is 3.14. The van der Waals surface area contributed by atoms with Crippen LogP contribution in [0.3, 0.4) is 0 Å². The van der Waals surface area contributed by atoms with E-state index in [-0.39, 0.29) is 4.99 Å². The number of benzene rings is 1. The average molecular weight is 318 g/mol. The van der Waals surface area contributed by atoms with Crippen LogP contribution in [0, 0.1) is 0 Å². The molecule has 0 saturated heterocycles. The van der Waals surface area contributed by atoms with Crippen LogP contribution in [0.25, 0.3) is 0 Å². The van der Waals surface area contributed by atoms with Crippen LogP contribution in [0.15, 0.2) is 30.3 Å². The van der Waals surface area contributed by atoms with Crippen LogP contribution in [0.1, 0.15) is 10.4 Å². The maximum atomic E-state index is 6.04. The van der Waals surface area contributed by atoms with Crippen LogP contribution in [-0.2, 0) is 6.61 Å². The van der Waals surface area contributed by atoms with Crippen LogP contribution in [0.5, 0.6) is 5.75 Å². The molecule has 0 amide bonds. The predicted octanol–water partition coefficient (Wildman–Crippen LogP) is 4.27. The molecular weight excluding hydrogens is 309 g/mol. The number of hydrogen-bond donors (Lipinski definition) is 1. The van der Waals surface area contributed by atoms with Crippen LogP contribution in [0.4, 0.5) is 0 Å². The van der Waals surface area contributed by atoms with E-state index in [1.165, 1.54) is 11.3 Å². The molecule has 0 radical (unpaired) electrons. The van der Waals surface area contributed by atoms with E-state index < -0.39 is 0 Å². The fourth-order valence-corrected chi connectivity index (χ4v) is 2.98. The summed E-state index contributed by atoms with van der Waals surface area (Å²) in [4.78, 5) is 1.24. The molecule has 0 unspecified atom stereocenters. The molecule has 2 aromatic rings. The normalized spacial score (nSPS) is 10.3. The van der Waals surface area contributed by atoms with Crippen molar-refractivity contribution in [2.45, 2.75) is 6.61 Å². The van der Waals surface area contributed by atoms with Crippen molar-refractivity contribution in [3.63, 3.8) is 0 Å². The van der Waals surface area contributed by atoms with Gasteiger partial charge in [0.1, 0.15) is 17.3 Å². The Kier molecular flexibility index (Phi) is 4.45. The molecule has 18 heavy (non-hydrogen) atoms. The van der Waals surface area contributed by atoms with Crippen molar-refractivity contribution in [2.75, 3.05) is 0 Å². The summed E-state index contributed by atoms with van der Waals surface area (Å²) < 4.78 is 6.41. The Bertz CT molecular complexity index is 583. The van der Waals surface area contributed by atoms with Gasteiger partial charge in [0.15, 0.2) is 0 Å². The molecule has 1 aromatic heterocycles. The van der Waals surface area contributed by atoms with Gasteiger partial charge in [0.25, 0.3) is 0 Å². The predicted molar refractivity (Wildman–Crippen MR) is 81.0 cm³/mol. The average Bonchev–Trinajstić information content (AvgIpc) is 2.72. The van der Waals surface area contributed by atoms with Gasteiger partial charge in [0.05, 0.1) is 14.9 Å². The van der Waals surface area contributed by atoms with Gasteiger partial charge in [-0.1, -0.05) is 41.5 Å². The molecule has 0 atom stereocenters. The quantitative estimate of drug-likeness (QED) is 0.855. The molecule has 1 heterocycles. The van der Waals surface area contributed by atoms with E-state index in [2.05, 4.69) is 0 Å². The second-order valence-electron chi connectivity index (χ2n) is 3.47. The lowest BCUT2D eigenvalue weighted by atomic mass is 10.2. The molecule has 6 heteroatoms. The first-order chi connectivity index (χ1) is 8.58. The van der Waals surface area contributed by atoms with Crippen molar-refractivity contribution in [1.82, 2.24) is 0 Å². The lowest BCUT2D eigenvalue weighted by molar-refractivity contribution is 0.309. The Morgan fingerprint density at radius 3 is 2.67 bits per heavy atom. The van der Waals surface area contributed by atoms with Crippen molar-refractivity contribution in [2.24, 2.45) is 5.73 Å². The maximum absolute atomic E-state index is 6.04. The van der Waals surface area contributed by atoms with Crippen molar-refractivity contribution >= 4 is 51.7 Å². The Balaban J connectivity index is 2.19. The van der Waals surface area contributed by atoms with Gasteiger partial charge in [-0.15, -0.1) is 11.3 Å². The fourth-order valence-electron chi connectivity index (χ4n) is 1.44. The zero-order valence-electron chi connectivity index (χ0n) is 9.15. The van der Waals surface area contributed by atoms with E-state index in [4.69, 9.17) is 45.9 Å². The Labute approximate surface area is 124 Å². The lowest BCUT2D eigenvalue weighted by Gasteiger charge is -2.11. The van der Waals surface area contributed by atoms with Crippen LogP contribution in [-0.4, -0.2) is 4.99 Å². The van der Waals surface area contributed by atoms with E-state index in [9.17, 15) is 0 Å². The number of rotatable bonds is 4. The summed E-state index contributed by atoms with van der Waals surface area (Å²) in [5, 5.41) is 0.490. The van der Waals surface area contributed by atoms with Crippen LogP contribution >= 0.6 is 46.8 Å². The molecule has 0 bridgehead atoms. The third-order valence-electron chi connectivity index (χ3n) is 2.22. The summed E-state index contributed by atoms with van der Waals surface area (Å²) in [6.45, 7) is 0.410. The van der Waals surface area contributed by atoms with Gasteiger partial charge in [0.2, 0.25) is 0 Å². The van der Waals surface area contributed by atoms with Crippen LogP contribution < -0.4 is 10.5 Å². The molecule has 2 nitrogen and oxygen atoms in total. The van der Waals surface area contributed by atoms with Gasteiger partial charge in [-0.25, -0.2) is 0 Å². The number of nitrogens with two attached hydrogens (primary N) is 1. The van der Waals surface area contributed by atoms with E-state index in [0.29, 0.717) is 22.9 Å². The SMILES string of the molecule is NC(=S)c1c(Cl)cccc1OCc1ccc(Cl)s1. The molecule has 0 aliphatic heterocycles. The van der Waals surface area contributed by atoms with E-state index in [0.717, 1.165) is 9.21 Å². The molecule has 0 spiro atoms. The van der Waals surface area contributed by atoms with Crippen molar-refractivity contribution < 1.29 is 4.74 Å². The number of ether oxygens (including phenoxy) is 1. The van der Waals surface area contributed by atoms with Crippen molar-refractivity contribution in [3.8, 4) is 5.75 Å². The van der Waals surface area contributed by atoms with Gasteiger partial charge >= 0.3 is 0 Å². The lowest BCUT2D eigenvalue weighted by Crippen LogP contribution is -2.12. The summed E-state index contributed by atoms with van der Waals surface area (Å²) in [7, 11) is 0. The summed E-state index contributed by atoms with van der Waals surface area (Å²) in [5.41, 5.74) is 6.20. The summed E-state index contributed by atoms with van der Waals surface area (Å²) in [6, 6.07) is 9.05. The molecule has 2 N–H and O–H groups in total. The second kappa shape index (κ2) is 5.89. The first kappa shape index (κ1) is 13.6. The van der Waals surface area contributed by atoms with Gasteiger partial charge in [0, 0.05) is 4.88 Å². The van der Waals surface area contributed by atoms with Gasteiger partial charge in [-0.3, -0.25) is 0 Å².